The number of unbranched alkanes of at least 4 members (excludes halogenated alkanes) is 37. The van der Waals surface area contributed by atoms with Crippen molar-refractivity contribution in [3.05, 3.63) is 0 Å². The number of rotatable bonds is 72. The first-order valence-electron chi connectivity index (χ1n) is 38.7. The third kappa shape index (κ3) is 67.3. The summed E-state index contributed by atoms with van der Waals surface area (Å²) in [5.74, 6) is 0.935. The van der Waals surface area contributed by atoms with Gasteiger partial charge in [0.1, 0.15) is 19.3 Å². The second-order valence-electron chi connectivity index (χ2n) is 28.7. The van der Waals surface area contributed by atoms with Crippen LogP contribution in [0.4, 0.5) is 0 Å². The third-order valence-corrected chi connectivity index (χ3v) is 19.6. The van der Waals surface area contributed by atoms with Crippen LogP contribution in [-0.4, -0.2) is 96.7 Å². The van der Waals surface area contributed by atoms with Gasteiger partial charge in [0.2, 0.25) is 0 Å². The van der Waals surface area contributed by atoms with Crippen molar-refractivity contribution < 1.29 is 80.2 Å². The molecule has 4 unspecified atom stereocenters. The van der Waals surface area contributed by atoms with Gasteiger partial charge in [-0.3, -0.25) is 37.3 Å². The molecule has 0 heterocycles. The third-order valence-electron chi connectivity index (χ3n) is 17.7. The van der Waals surface area contributed by atoms with Gasteiger partial charge >= 0.3 is 39.5 Å². The number of hydrogen-bond acceptors (Lipinski definition) is 15. The minimum atomic E-state index is -4.96. The molecule has 0 aliphatic carbocycles. The van der Waals surface area contributed by atoms with Crippen LogP contribution in [0.3, 0.4) is 0 Å². The Morgan fingerprint density at radius 1 is 0.298 bits per heavy atom. The van der Waals surface area contributed by atoms with Gasteiger partial charge in [-0.1, -0.05) is 325 Å². The highest BCUT2D eigenvalue weighted by molar-refractivity contribution is 7.47. The topological polar surface area (TPSA) is 237 Å². The number of esters is 4. The molecule has 0 saturated carbocycles. The lowest BCUT2D eigenvalue weighted by atomic mass is 9.99. The molecule has 17 nitrogen and oxygen atoms in total. The largest absolute Gasteiger partial charge is 0.472 e. The molecular formula is C75H146O17P2. The molecule has 0 aliphatic rings. The van der Waals surface area contributed by atoms with Crippen molar-refractivity contribution in [2.24, 2.45) is 23.7 Å². The van der Waals surface area contributed by atoms with Gasteiger partial charge < -0.3 is 33.8 Å². The number of carbonyl (C=O) groups is 4. The van der Waals surface area contributed by atoms with E-state index in [9.17, 15) is 43.2 Å². The molecule has 0 aromatic heterocycles. The van der Waals surface area contributed by atoms with Gasteiger partial charge in [0.15, 0.2) is 12.2 Å². The summed E-state index contributed by atoms with van der Waals surface area (Å²) in [5.41, 5.74) is 0. The molecule has 0 radical (unpaired) electrons. The minimum Gasteiger partial charge on any atom is -0.462 e. The molecule has 3 N–H and O–H groups in total. The van der Waals surface area contributed by atoms with Gasteiger partial charge in [-0.2, -0.15) is 0 Å². The van der Waals surface area contributed by atoms with E-state index in [2.05, 4.69) is 55.4 Å². The van der Waals surface area contributed by atoms with Crippen molar-refractivity contribution in [2.75, 3.05) is 39.6 Å². The van der Waals surface area contributed by atoms with E-state index < -0.39 is 97.5 Å². The molecule has 0 rings (SSSR count). The Hall–Kier alpha value is -1.94. The van der Waals surface area contributed by atoms with Crippen molar-refractivity contribution >= 4 is 39.5 Å². The SMILES string of the molecule is CCC(C)CCCCCCCCCCCCC(=O)O[C@H](COC(=O)CCCCCCCCCCC(C)C)COP(=O)(O)OCC(O)COP(=O)(O)OC[C@@H](COC(=O)CCCCCCCCCCC(C)C)OC(=O)CCCCCCCCCCCCCCCCCC(C)C. The first-order valence-corrected chi connectivity index (χ1v) is 41.7. The minimum absolute atomic E-state index is 0.105. The zero-order valence-electron chi connectivity index (χ0n) is 61.6. The summed E-state index contributed by atoms with van der Waals surface area (Å²) >= 11 is 0. The Morgan fingerprint density at radius 2 is 0.511 bits per heavy atom. The van der Waals surface area contributed by atoms with Crippen molar-refractivity contribution in [3.8, 4) is 0 Å². The number of aliphatic hydroxyl groups is 1. The summed E-state index contributed by atoms with van der Waals surface area (Å²) in [6, 6.07) is 0. The predicted molar refractivity (Wildman–Crippen MR) is 381 cm³/mol. The molecule has 0 aromatic carbocycles. The zero-order valence-corrected chi connectivity index (χ0v) is 63.4. The summed E-state index contributed by atoms with van der Waals surface area (Å²) in [5, 5.41) is 10.6. The van der Waals surface area contributed by atoms with Gasteiger partial charge in [0, 0.05) is 25.7 Å². The number of phosphoric acid groups is 2. The van der Waals surface area contributed by atoms with Crippen LogP contribution in [0.1, 0.15) is 376 Å². The highest BCUT2D eigenvalue weighted by atomic mass is 31.2. The molecule has 94 heavy (non-hydrogen) atoms. The van der Waals surface area contributed by atoms with E-state index in [0.29, 0.717) is 25.7 Å². The molecular weight excluding hydrogens is 1230 g/mol. The number of phosphoric ester groups is 2. The normalized spacial score (nSPS) is 14.4. The number of aliphatic hydroxyl groups excluding tert-OH is 1. The molecule has 0 saturated heterocycles. The monoisotopic (exact) mass is 1380 g/mol. The summed E-state index contributed by atoms with van der Waals surface area (Å²) < 4.78 is 68.5. The fraction of sp³-hybridized carbons (Fsp3) is 0.947. The highest BCUT2D eigenvalue weighted by Crippen LogP contribution is 2.45. The van der Waals surface area contributed by atoms with E-state index in [1.165, 1.54) is 180 Å². The zero-order chi connectivity index (χ0) is 69.6. The maximum atomic E-state index is 13.1. The molecule has 0 aromatic rings. The Bertz CT molecular complexity index is 1850. The Kier molecular flexibility index (Phi) is 63.1. The number of carbonyl (C=O) groups excluding carboxylic acids is 4. The number of hydrogen-bond donors (Lipinski definition) is 3. The van der Waals surface area contributed by atoms with Crippen LogP contribution in [0.15, 0.2) is 0 Å². The second-order valence-corrected chi connectivity index (χ2v) is 31.6. The molecule has 0 bridgehead atoms. The maximum Gasteiger partial charge on any atom is 0.472 e. The van der Waals surface area contributed by atoms with Gasteiger partial charge in [-0.15, -0.1) is 0 Å². The van der Waals surface area contributed by atoms with Gasteiger partial charge in [0.25, 0.3) is 0 Å². The van der Waals surface area contributed by atoms with Crippen LogP contribution in [0.25, 0.3) is 0 Å². The molecule has 19 heteroatoms. The van der Waals surface area contributed by atoms with E-state index in [1.54, 1.807) is 0 Å². The van der Waals surface area contributed by atoms with Gasteiger partial charge in [0.05, 0.1) is 26.4 Å². The van der Waals surface area contributed by atoms with Gasteiger partial charge in [-0.25, -0.2) is 9.13 Å². The van der Waals surface area contributed by atoms with Crippen LogP contribution in [0.5, 0.6) is 0 Å². The molecule has 0 spiro atoms. The summed E-state index contributed by atoms with van der Waals surface area (Å²) in [4.78, 5) is 72.8. The lowest BCUT2D eigenvalue weighted by Gasteiger charge is -2.21. The summed E-state index contributed by atoms with van der Waals surface area (Å²) in [7, 11) is -9.91. The van der Waals surface area contributed by atoms with Crippen LogP contribution >= 0.6 is 15.6 Å². The van der Waals surface area contributed by atoms with Gasteiger partial charge in [-0.05, 0) is 49.4 Å². The van der Waals surface area contributed by atoms with E-state index >= 15 is 0 Å². The second kappa shape index (κ2) is 64.4. The quantitative estimate of drug-likeness (QED) is 0.0222. The van der Waals surface area contributed by atoms with Crippen molar-refractivity contribution in [3.63, 3.8) is 0 Å². The average Bonchev–Trinajstić information content (AvgIpc) is 1.99. The first-order chi connectivity index (χ1) is 45.1. The standard InChI is InChI=1S/C75H146O17P2/c1-9-68(8)54-46-38-30-20-17-18-22-34-42-50-58-75(80)92-71(62-86-73(78)56-48-40-32-26-24-29-37-45-53-67(6)7)64-90-94(83,84)88-60-69(76)59-87-93(81,82)89-63-70(61-85-72(77)55-47-39-31-25-23-28-36-44-52-66(4)5)91-74(79)57-49-41-33-21-16-14-12-10-11-13-15-19-27-35-43-51-65(2)3/h65-71,76H,9-64H2,1-8H3,(H,81,82)(H,83,84)/t68?,69?,70-,71-/m1/s1. The Morgan fingerprint density at radius 3 is 0.755 bits per heavy atom. The van der Waals surface area contributed by atoms with Crippen LogP contribution in [0, 0.1) is 23.7 Å². The van der Waals surface area contributed by atoms with E-state index in [4.69, 9.17) is 37.0 Å². The highest BCUT2D eigenvalue weighted by Gasteiger charge is 2.30. The fourth-order valence-electron chi connectivity index (χ4n) is 11.3. The maximum absolute atomic E-state index is 13.1. The molecule has 0 amide bonds. The van der Waals surface area contributed by atoms with Crippen LogP contribution in [-0.2, 0) is 65.4 Å². The van der Waals surface area contributed by atoms with E-state index in [1.807, 2.05) is 0 Å². The predicted octanol–water partition coefficient (Wildman–Crippen LogP) is 21.7. The lowest BCUT2D eigenvalue weighted by Crippen LogP contribution is -2.30. The first kappa shape index (κ1) is 92.1. The Labute approximate surface area is 575 Å². The van der Waals surface area contributed by atoms with Crippen molar-refractivity contribution in [2.45, 2.75) is 395 Å². The van der Waals surface area contributed by atoms with Crippen molar-refractivity contribution in [1.82, 2.24) is 0 Å². The lowest BCUT2D eigenvalue weighted by molar-refractivity contribution is -0.161. The van der Waals surface area contributed by atoms with Crippen LogP contribution < -0.4 is 0 Å². The van der Waals surface area contributed by atoms with Crippen LogP contribution in [0.2, 0.25) is 0 Å². The van der Waals surface area contributed by atoms with Crippen molar-refractivity contribution in [1.29, 1.82) is 0 Å². The molecule has 0 aliphatic heterocycles. The average molecular weight is 1380 g/mol. The molecule has 0 fully saturated rings. The summed E-state index contributed by atoms with van der Waals surface area (Å²) in [6.45, 7) is 14.2. The number of ether oxygens (including phenoxy) is 4. The van der Waals surface area contributed by atoms with E-state index in [0.717, 1.165) is 114 Å². The Balaban J connectivity index is 5.24. The molecule has 6 atom stereocenters. The molecule has 558 valence electrons. The fourth-order valence-corrected chi connectivity index (χ4v) is 12.9. The summed E-state index contributed by atoms with van der Waals surface area (Å²) in [6.07, 6.45) is 48.6. The smallest absolute Gasteiger partial charge is 0.462 e. The van der Waals surface area contributed by atoms with E-state index in [-0.39, 0.29) is 25.7 Å².